The van der Waals surface area contributed by atoms with Crippen molar-refractivity contribution in [3.63, 3.8) is 0 Å². The molecule has 6 nitrogen and oxygen atoms in total. The van der Waals surface area contributed by atoms with Gasteiger partial charge in [-0.2, -0.15) is 0 Å². The molecule has 2 N–H and O–H groups in total. The summed E-state index contributed by atoms with van der Waals surface area (Å²) in [6, 6.07) is 11.3. The Kier molecular flexibility index (Phi) is 7.00. The van der Waals surface area contributed by atoms with Crippen molar-refractivity contribution >= 4 is 17.5 Å². The van der Waals surface area contributed by atoms with E-state index in [0.717, 1.165) is 18.4 Å². The molecule has 1 aromatic carbocycles. The number of pyridine rings is 1. The fourth-order valence-corrected chi connectivity index (χ4v) is 3.54. The second-order valence-electron chi connectivity index (χ2n) is 7.05. The Morgan fingerprint density at radius 3 is 2.43 bits per heavy atom. The van der Waals surface area contributed by atoms with Crippen LogP contribution in [0, 0.1) is 11.8 Å². The topological polar surface area (TPSA) is 80.3 Å². The number of anilines is 1. The molecule has 0 unspecified atom stereocenters. The van der Waals surface area contributed by atoms with E-state index in [1.54, 1.807) is 12.4 Å². The van der Waals surface area contributed by atoms with Crippen LogP contribution < -0.4 is 15.4 Å². The molecule has 148 valence electrons. The average molecular weight is 381 g/mol. The van der Waals surface area contributed by atoms with E-state index >= 15 is 0 Å². The zero-order chi connectivity index (χ0) is 19.8. The summed E-state index contributed by atoms with van der Waals surface area (Å²) in [6.07, 6.45) is 6.35. The zero-order valence-corrected chi connectivity index (χ0v) is 16.2. The SMILES string of the molecule is CCOc1ccccc1NC(=O)C1CCC(C(=O)NCc2cccnc2)CC1. The molecule has 0 radical (unpaired) electrons. The first-order valence-corrected chi connectivity index (χ1v) is 9.86. The number of amides is 2. The maximum atomic E-state index is 12.6. The highest BCUT2D eigenvalue weighted by molar-refractivity contribution is 5.94. The van der Waals surface area contributed by atoms with Gasteiger partial charge in [0.1, 0.15) is 5.75 Å². The number of hydrogen-bond donors (Lipinski definition) is 2. The molecule has 0 aliphatic heterocycles. The van der Waals surface area contributed by atoms with Crippen LogP contribution in [0.25, 0.3) is 0 Å². The van der Waals surface area contributed by atoms with Crippen LogP contribution in [-0.2, 0) is 16.1 Å². The number of hydrogen-bond acceptors (Lipinski definition) is 4. The molecule has 1 heterocycles. The van der Waals surface area contributed by atoms with Crippen LogP contribution in [0.2, 0.25) is 0 Å². The molecular formula is C22H27N3O3. The normalized spacial score (nSPS) is 18.9. The summed E-state index contributed by atoms with van der Waals surface area (Å²) in [7, 11) is 0. The predicted molar refractivity (Wildman–Crippen MR) is 108 cm³/mol. The third kappa shape index (κ3) is 5.31. The van der Waals surface area contributed by atoms with Crippen molar-refractivity contribution in [1.29, 1.82) is 0 Å². The largest absolute Gasteiger partial charge is 0.492 e. The number of para-hydroxylation sites is 2. The first kappa shape index (κ1) is 19.9. The lowest BCUT2D eigenvalue weighted by molar-refractivity contribution is -0.128. The number of aromatic nitrogens is 1. The van der Waals surface area contributed by atoms with Gasteiger partial charge in [-0.3, -0.25) is 14.6 Å². The minimum absolute atomic E-state index is 0.00127. The van der Waals surface area contributed by atoms with Crippen molar-refractivity contribution in [2.24, 2.45) is 11.8 Å². The monoisotopic (exact) mass is 381 g/mol. The van der Waals surface area contributed by atoms with Crippen molar-refractivity contribution in [3.05, 3.63) is 54.4 Å². The highest BCUT2D eigenvalue weighted by atomic mass is 16.5. The smallest absolute Gasteiger partial charge is 0.227 e. The van der Waals surface area contributed by atoms with Crippen LogP contribution in [0.5, 0.6) is 5.75 Å². The molecule has 3 rings (SSSR count). The molecule has 0 spiro atoms. The molecule has 2 amide bonds. The molecule has 2 aromatic rings. The molecule has 0 atom stereocenters. The van der Waals surface area contributed by atoms with Crippen LogP contribution in [0.4, 0.5) is 5.69 Å². The molecule has 28 heavy (non-hydrogen) atoms. The molecule has 1 aromatic heterocycles. The number of ether oxygens (including phenoxy) is 1. The van der Waals surface area contributed by atoms with Gasteiger partial charge < -0.3 is 15.4 Å². The first-order valence-electron chi connectivity index (χ1n) is 9.86. The molecular weight excluding hydrogens is 354 g/mol. The second kappa shape index (κ2) is 9.88. The van der Waals surface area contributed by atoms with Gasteiger partial charge in [-0.25, -0.2) is 0 Å². The van der Waals surface area contributed by atoms with E-state index < -0.39 is 0 Å². The van der Waals surface area contributed by atoms with E-state index in [1.807, 2.05) is 43.3 Å². The van der Waals surface area contributed by atoms with Crippen LogP contribution in [0.1, 0.15) is 38.2 Å². The van der Waals surface area contributed by atoms with Gasteiger partial charge in [0.2, 0.25) is 11.8 Å². The van der Waals surface area contributed by atoms with E-state index in [-0.39, 0.29) is 23.7 Å². The second-order valence-corrected chi connectivity index (χ2v) is 7.05. The number of carbonyl (C=O) groups excluding carboxylic acids is 2. The van der Waals surface area contributed by atoms with E-state index in [2.05, 4.69) is 15.6 Å². The maximum Gasteiger partial charge on any atom is 0.227 e. The Bertz CT molecular complexity index is 787. The van der Waals surface area contributed by atoms with Crippen molar-refractivity contribution in [2.75, 3.05) is 11.9 Å². The first-order chi connectivity index (χ1) is 13.7. The number of nitrogens with one attached hydrogen (secondary N) is 2. The minimum atomic E-state index is -0.0722. The Balaban J connectivity index is 1.47. The molecule has 0 saturated heterocycles. The van der Waals surface area contributed by atoms with Crippen molar-refractivity contribution in [2.45, 2.75) is 39.2 Å². The van der Waals surface area contributed by atoms with Crippen molar-refractivity contribution in [1.82, 2.24) is 10.3 Å². The lowest BCUT2D eigenvalue weighted by Gasteiger charge is -2.27. The van der Waals surface area contributed by atoms with Crippen LogP contribution in [0.3, 0.4) is 0 Å². The summed E-state index contributed by atoms with van der Waals surface area (Å²) >= 11 is 0. The van der Waals surface area contributed by atoms with E-state index in [4.69, 9.17) is 4.74 Å². The van der Waals surface area contributed by atoms with Gasteiger partial charge in [0.15, 0.2) is 0 Å². The fraction of sp³-hybridized carbons (Fsp3) is 0.409. The zero-order valence-electron chi connectivity index (χ0n) is 16.2. The van der Waals surface area contributed by atoms with Gasteiger partial charge in [-0.15, -0.1) is 0 Å². The molecule has 1 aliphatic carbocycles. The Morgan fingerprint density at radius 1 is 1.04 bits per heavy atom. The summed E-state index contributed by atoms with van der Waals surface area (Å²) in [5.41, 5.74) is 1.68. The van der Waals surface area contributed by atoms with Gasteiger partial charge in [0.25, 0.3) is 0 Å². The Hall–Kier alpha value is -2.89. The average Bonchev–Trinajstić information content (AvgIpc) is 2.74. The molecule has 6 heteroatoms. The fourth-order valence-electron chi connectivity index (χ4n) is 3.54. The van der Waals surface area contributed by atoms with E-state index in [0.29, 0.717) is 37.4 Å². The van der Waals surface area contributed by atoms with Crippen molar-refractivity contribution < 1.29 is 14.3 Å². The minimum Gasteiger partial charge on any atom is -0.492 e. The maximum absolute atomic E-state index is 12.6. The number of benzene rings is 1. The van der Waals surface area contributed by atoms with Crippen LogP contribution in [-0.4, -0.2) is 23.4 Å². The standard InChI is InChI=1S/C22H27N3O3/c1-2-28-20-8-4-3-7-19(20)25-22(27)18-11-9-17(10-12-18)21(26)24-15-16-6-5-13-23-14-16/h3-8,13-14,17-18H,2,9-12,15H2,1H3,(H,24,26)(H,25,27). The third-order valence-electron chi connectivity index (χ3n) is 5.10. The van der Waals surface area contributed by atoms with Crippen LogP contribution >= 0.6 is 0 Å². The van der Waals surface area contributed by atoms with Crippen molar-refractivity contribution in [3.8, 4) is 5.75 Å². The summed E-state index contributed by atoms with van der Waals surface area (Å²) < 4.78 is 5.57. The van der Waals surface area contributed by atoms with Crippen LogP contribution in [0.15, 0.2) is 48.8 Å². The van der Waals surface area contributed by atoms with Gasteiger partial charge in [-0.05, 0) is 56.4 Å². The quantitative estimate of drug-likeness (QED) is 0.769. The summed E-state index contributed by atoms with van der Waals surface area (Å²) in [5, 5.41) is 5.96. The molecule has 1 saturated carbocycles. The summed E-state index contributed by atoms with van der Waals surface area (Å²) in [5.74, 6) is 0.640. The highest BCUT2D eigenvalue weighted by Crippen LogP contribution is 2.31. The highest BCUT2D eigenvalue weighted by Gasteiger charge is 2.30. The van der Waals surface area contributed by atoms with E-state index in [1.165, 1.54) is 0 Å². The third-order valence-corrected chi connectivity index (χ3v) is 5.10. The Morgan fingerprint density at radius 2 is 1.75 bits per heavy atom. The molecule has 0 bridgehead atoms. The Labute approximate surface area is 165 Å². The molecule has 1 fully saturated rings. The number of rotatable bonds is 7. The number of nitrogens with zero attached hydrogens (tertiary/aromatic N) is 1. The predicted octanol–water partition coefficient (Wildman–Crippen LogP) is 3.54. The van der Waals surface area contributed by atoms with Gasteiger partial charge in [0, 0.05) is 30.8 Å². The number of carbonyl (C=O) groups is 2. The lowest BCUT2D eigenvalue weighted by Crippen LogP contribution is -2.35. The van der Waals surface area contributed by atoms with Gasteiger partial charge in [0.05, 0.1) is 12.3 Å². The van der Waals surface area contributed by atoms with Gasteiger partial charge in [-0.1, -0.05) is 18.2 Å². The molecule has 1 aliphatic rings. The summed E-state index contributed by atoms with van der Waals surface area (Å²) in [6.45, 7) is 2.95. The van der Waals surface area contributed by atoms with E-state index in [9.17, 15) is 9.59 Å². The summed E-state index contributed by atoms with van der Waals surface area (Å²) in [4.78, 5) is 29.1. The lowest BCUT2D eigenvalue weighted by atomic mass is 9.81. The van der Waals surface area contributed by atoms with Gasteiger partial charge >= 0.3 is 0 Å².